The Morgan fingerprint density at radius 1 is 1.27 bits per heavy atom. The molecule has 8 heteroatoms. The van der Waals surface area contributed by atoms with Crippen molar-refractivity contribution in [1.82, 2.24) is 4.98 Å². The Kier molecular flexibility index (Phi) is 6.53. The number of imide groups is 1. The highest BCUT2D eigenvalue weighted by molar-refractivity contribution is 8.00. The van der Waals surface area contributed by atoms with Crippen LogP contribution < -0.4 is 4.90 Å². The van der Waals surface area contributed by atoms with Gasteiger partial charge in [0, 0.05) is 12.1 Å². The summed E-state index contributed by atoms with van der Waals surface area (Å²) in [5, 5.41) is 9.17. The smallest absolute Gasteiger partial charge is 0.338 e. The lowest BCUT2D eigenvalue weighted by Gasteiger charge is -2.15. The van der Waals surface area contributed by atoms with Crippen molar-refractivity contribution >= 4 is 35.2 Å². The zero-order valence-corrected chi connectivity index (χ0v) is 17.7. The quantitative estimate of drug-likeness (QED) is 0.516. The molecule has 1 aliphatic heterocycles. The van der Waals surface area contributed by atoms with Crippen molar-refractivity contribution < 1.29 is 19.1 Å². The number of hydrogen-bond acceptors (Lipinski definition) is 7. The second-order valence-corrected chi connectivity index (χ2v) is 8.19. The lowest BCUT2D eigenvalue weighted by molar-refractivity contribution is -0.121. The highest BCUT2D eigenvalue weighted by Gasteiger charge is 2.40. The van der Waals surface area contributed by atoms with Crippen LogP contribution in [-0.4, -0.2) is 34.6 Å². The summed E-state index contributed by atoms with van der Waals surface area (Å²) in [6.45, 7) is 5.97. The molecule has 0 radical (unpaired) electrons. The van der Waals surface area contributed by atoms with E-state index in [4.69, 9.17) is 4.74 Å². The second kappa shape index (κ2) is 9.09. The topological polar surface area (TPSA) is 100 Å². The zero-order chi connectivity index (χ0) is 21.8. The van der Waals surface area contributed by atoms with Crippen LogP contribution in [0.5, 0.6) is 0 Å². The van der Waals surface area contributed by atoms with Crippen LogP contribution in [0.4, 0.5) is 5.69 Å². The van der Waals surface area contributed by atoms with Crippen molar-refractivity contribution in [2.45, 2.75) is 43.4 Å². The van der Waals surface area contributed by atoms with E-state index in [9.17, 15) is 19.6 Å². The van der Waals surface area contributed by atoms with Crippen molar-refractivity contribution in [3.8, 4) is 6.07 Å². The van der Waals surface area contributed by atoms with Gasteiger partial charge >= 0.3 is 5.97 Å². The molecule has 1 saturated heterocycles. The molecule has 0 bridgehead atoms. The van der Waals surface area contributed by atoms with E-state index in [2.05, 4.69) is 11.1 Å². The normalized spacial score (nSPS) is 16.1. The van der Waals surface area contributed by atoms with Crippen LogP contribution in [-0.2, 0) is 14.3 Å². The molecule has 1 unspecified atom stereocenters. The van der Waals surface area contributed by atoms with Crippen LogP contribution in [0.15, 0.2) is 41.4 Å². The number of thioether (sulfide) groups is 1. The minimum absolute atomic E-state index is 0.0155. The van der Waals surface area contributed by atoms with Crippen LogP contribution in [0.1, 0.15) is 54.7 Å². The fraction of sp³-hybridized carbons (Fsp3) is 0.318. The summed E-state index contributed by atoms with van der Waals surface area (Å²) >= 11 is 1.14. The highest BCUT2D eigenvalue weighted by atomic mass is 32.2. The third-order valence-corrected chi connectivity index (χ3v) is 5.78. The maximum Gasteiger partial charge on any atom is 0.338 e. The number of esters is 1. The number of ether oxygens (including phenoxy) is 1. The predicted octanol–water partition coefficient (Wildman–Crippen LogP) is 3.68. The van der Waals surface area contributed by atoms with E-state index >= 15 is 0 Å². The summed E-state index contributed by atoms with van der Waals surface area (Å²) < 4.78 is 4.94. The molecule has 1 aromatic carbocycles. The number of benzene rings is 1. The first kappa shape index (κ1) is 21.5. The third-order valence-electron chi connectivity index (χ3n) is 4.59. The Labute approximate surface area is 179 Å². The Hall–Kier alpha value is -3.18. The Bertz CT molecular complexity index is 1030. The minimum Gasteiger partial charge on any atom is -0.462 e. The number of hydrogen-bond donors (Lipinski definition) is 0. The molecule has 154 valence electrons. The molecule has 1 fully saturated rings. The molecule has 0 saturated carbocycles. The fourth-order valence-corrected chi connectivity index (χ4v) is 4.11. The van der Waals surface area contributed by atoms with Crippen molar-refractivity contribution in [3.63, 3.8) is 0 Å². The molecule has 0 spiro atoms. The molecule has 1 aliphatic rings. The largest absolute Gasteiger partial charge is 0.462 e. The van der Waals surface area contributed by atoms with Crippen molar-refractivity contribution in [2.75, 3.05) is 11.5 Å². The lowest BCUT2D eigenvalue weighted by atomic mass is 10.1. The van der Waals surface area contributed by atoms with Gasteiger partial charge in [-0.25, -0.2) is 14.7 Å². The van der Waals surface area contributed by atoms with Gasteiger partial charge in [-0.2, -0.15) is 5.26 Å². The SMILES string of the molecule is CCOC(=O)c1ccc(N2C(=O)CC(Sc3nc(C(C)C)ccc3C#N)C2=O)cc1. The summed E-state index contributed by atoms with van der Waals surface area (Å²) in [4.78, 5) is 42.9. The zero-order valence-electron chi connectivity index (χ0n) is 16.9. The average Bonchev–Trinajstić information content (AvgIpc) is 3.01. The molecule has 3 rings (SSSR count). The maximum atomic E-state index is 12.9. The van der Waals surface area contributed by atoms with Gasteiger partial charge in [0.05, 0.1) is 28.7 Å². The molecule has 1 atom stereocenters. The standard InChI is InChI=1S/C22H21N3O4S/c1-4-29-22(28)14-5-8-16(9-6-14)25-19(26)11-18(21(25)27)30-20-15(12-23)7-10-17(24-20)13(2)3/h5-10,13,18H,4,11H2,1-3H3. The number of nitriles is 1. The number of anilines is 1. The van der Waals surface area contributed by atoms with Crippen LogP contribution >= 0.6 is 11.8 Å². The van der Waals surface area contributed by atoms with Gasteiger partial charge in [0.25, 0.3) is 0 Å². The third kappa shape index (κ3) is 4.36. The van der Waals surface area contributed by atoms with Crippen molar-refractivity contribution in [2.24, 2.45) is 0 Å². The van der Waals surface area contributed by atoms with Crippen LogP contribution in [0.3, 0.4) is 0 Å². The monoisotopic (exact) mass is 423 g/mol. The molecular formula is C22H21N3O4S. The Morgan fingerprint density at radius 2 is 1.97 bits per heavy atom. The van der Waals surface area contributed by atoms with Gasteiger partial charge in [-0.15, -0.1) is 0 Å². The Morgan fingerprint density at radius 3 is 2.57 bits per heavy atom. The van der Waals surface area contributed by atoms with Gasteiger partial charge < -0.3 is 4.74 Å². The molecule has 30 heavy (non-hydrogen) atoms. The summed E-state index contributed by atoms with van der Waals surface area (Å²) in [5.74, 6) is -0.987. The van der Waals surface area contributed by atoms with Gasteiger partial charge in [-0.1, -0.05) is 25.6 Å². The van der Waals surface area contributed by atoms with Crippen LogP contribution in [0, 0.1) is 11.3 Å². The van der Waals surface area contributed by atoms with Gasteiger partial charge in [-0.05, 0) is 49.2 Å². The number of rotatable bonds is 6. The second-order valence-electron chi connectivity index (χ2n) is 7.00. The maximum absolute atomic E-state index is 12.9. The summed E-state index contributed by atoms with van der Waals surface area (Å²) in [6.07, 6.45) is 0.0155. The first-order chi connectivity index (χ1) is 14.3. The first-order valence-electron chi connectivity index (χ1n) is 9.57. The van der Waals surface area contributed by atoms with Gasteiger partial charge in [-0.3, -0.25) is 9.59 Å². The van der Waals surface area contributed by atoms with E-state index in [-0.39, 0.29) is 30.8 Å². The van der Waals surface area contributed by atoms with E-state index in [1.165, 1.54) is 12.1 Å². The lowest BCUT2D eigenvalue weighted by Crippen LogP contribution is -2.31. The number of nitrogens with zero attached hydrogens (tertiary/aromatic N) is 3. The number of aromatic nitrogens is 1. The van der Waals surface area contributed by atoms with E-state index in [1.807, 2.05) is 13.8 Å². The molecule has 7 nitrogen and oxygen atoms in total. The van der Waals surface area contributed by atoms with E-state index in [0.717, 1.165) is 22.4 Å². The van der Waals surface area contributed by atoms with E-state index < -0.39 is 11.2 Å². The summed E-state index contributed by atoms with van der Waals surface area (Å²) in [5.41, 5.74) is 1.94. The number of amides is 2. The fourth-order valence-electron chi connectivity index (χ4n) is 3.01. The molecular weight excluding hydrogens is 402 g/mol. The average molecular weight is 423 g/mol. The minimum atomic E-state index is -0.663. The van der Waals surface area contributed by atoms with Crippen LogP contribution in [0.25, 0.3) is 0 Å². The molecule has 2 aromatic rings. The van der Waals surface area contributed by atoms with E-state index in [0.29, 0.717) is 21.8 Å². The molecule has 2 amide bonds. The number of carbonyl (C=O) groups excluding carboxylic acids is 3. The van der Waals surface area contributed by atoms with Gasteiger partial charge in [0.1, 0.15) is 11.1 Å². The predicted molar refractivity (Wildman–Crippen MR) is 112 cm³/mol. The Balaban J connectivity index is 1.81. The number of pyridine rings is 1. The van der Waals surface area contributed by atoms with Gasteiger partial charge in [0.2, 0.25) is 11.8 Å². The number of carbonyl (C=O) groups is 3. The summed E-state index contributed by atoms with van der Waals surface area (Å²) in [6, 6.07) is 11.7. The molecule has 0 aliphatic carbocycles. The summed E-state index contributed by atoms with van der Waals surface area (Å²) in [7, 11) is 0. The molecule has 2 heterocycles. The highest BCUT2D eigenvalue weighted by Crippen LogP contribution is 2.35. The first-order valence-corrected chi connectivity index (χ1v) is 10.4. The van der Waals surface area contributed by atoms with E-state index in [1.54, 1.807) is 31.2 Å². The van der Waals surface area contributed by atoms with Gasteiger partial charge in [0.15, 0.2) is 0 Å². The van der Waals surface area contributed by atoms with Crippen molar-refractivity contribution in [1.29, 1.82) is 5.26 Å². The molecule has 0 N–H and O–H groups in total. The van der Waals surface area contributed by atoms with Crippen molar-refractivity contribution in [3.05, 3.63) is 53.2 Å². The molecule has 1 aromatic heterocycles. The van der Waals surface area contributed by atoms with Crippen LogP contribution in [0.2, 0.25) is 0 Å².